The summed E-state index contributed by atoms with van der Waals surface area (Å²) in [5.41, 5.74) is -1.54. The Hall–Kier alpha value is -2.27. The third kappa shape index (κ3) is 7.02. The van der Waals surface area contributed by atoms with E-state index in [1.807, 2.05) is 0 Å². The van der Waals surface area contributed by atoms with E-state index in [1.165, 1.54) is 6.92 Å². The maximum atomic E-state index is 12.3. The molecule has 0 saturated heterocycles. The van der Waals surface area contributed by atoms with Crippen LogP contribution >= 0.6 is 0 Å². The third-order valence-electron chi connectivity index (χ3n) is 3.02. The lowest BCUT2D eigenvalue weighted by atomic mass is 9.81. The van der Waals surface area contributed by atoms with Gasteiger partial charge in [0.05, 0.1) is 13.2 Å². The lowest BCUT2D eigenvalue weighted by Gasteiger charge is -2.25. The molecular formula is C18H24O5. The molecule has 0 aromatic rings. The van der Waals surface area contributed by atoms with Crippen LogP contribution < -0.4 is 0 Å². The second-order valence-electron chi connectivity index (χ2n) is 4.86. The van der Waals surface area contributed by atoms with Crippen LogP contribution in [0.4, 0.5) is 0 Å². The molecule has 0 rings (SSSR count). The second-order valence-corrected chi connectivity index (χ2v) is 4.86. The first-order chi connectivity index (χ1) is 10.9. The van der Waals surface area contributed by atoms with Crippen molar-refractivity contribution in [3.63, 3.8) is 0 Å². The van der Waals surface area contributed by atoms with Gasteiger partial charge in [-0.2, -0.15) is 0 Å². The summed E-state index contributed by atoms with van der Waals surface area (Å²) < 4.78 is 10.1. The Kier molecular flexibility index (Phi) is 10.2. The standard InChI is InChI=1S/C18H24O5/c1-5-8-13-18(16(20)22-6-2,17(21)23-7-3)14-11-9-10-12-15(4)19/h6-7,10,12-14H2,1-4H3. The summed E-state index contributed by atoms with van der Waals surface area (Å²) in [6.45, 7) is 6.74. The minimum absolute atomic E-state index is 0.0114. The van der Waals surface area contributed by atoms with Crippen LogP contribution in [0.3, 0.4) is 0 Å². The summed E-state index contributed by atoms with van der Waals surface area (Å²) in [7, 11) is 0. The lowest BCUT2D eigenvalue weighted by Crippen LogP contribution is -2.41. The van der Waals surface area contributed by atoms with E-state index in [0.29, 0.717) is 12.8 Å². The van der Waals surface area contributed by atoms with Crippen LogP contribution in [0.15, 0.2) is 0 Å². The SMILES string of the molecule is CC#CCC(CC#CCCC(C)=O)(C(=O)OCC)C(=O)OCC. The van der Waals surface area contributed by atoms with Crippen molar-refractivity contribution in [1.29, 1.82) is 0 Å². The maximum Gasteiger partial charge on any atom is 0.325 e. The van der Waals surface area contributed by atoms with Crippen LogP contribution in [-0.4, -0.2) is 30.9 Å². The number of esters is 2. The fourth-order valence-corrected chi connectivity index (χ4v) is 1.75. The molecule has 5 heteroatoms. The lowest BCUT2D eigenvalue weighted by molar-refractivity contribution is -0.171. The highest BCUT2D eigenvalue weighted by Crippen LogP contribution is 2.30. The van der Waals surface area contributed by atoms with Crippen LogP contribution in [0.25, 0.3) is 0 Å². The van der Waals surface area contributed by atoms with Crippen LogP contribution in [0.2, 0.25) is 0 Å². The Balaban J connectivity index is 5.41. The first-order valence-electron chi connectivity index (χ1n) is 7.63. The molecule has 5 nitrogen and oxygen atoms in total. The molecule has 0 amide bonds. The second kappa shape index (κ2) is 11.3. The number of rotatable bonds is 8. The topological polar surface area (TPSA) is 69.7 Å². The average molecular weight is 320 g/mol. The zero-order valence-corrected chi connectivity index (χ0v) is 14.3. The third-order valence-corrected chi connectivity index (χ3v) is 3.02. The molecule has 23 heavy (non-hydrogen) atoms. The molecule has 0 spiro atoms. The van der Waals surface area contributed by atoms with E-state index in [1.54, 1.807) is 20.8 Å². The molecule has 0 aliphatic heterocycles. The van der Waals surface area contributed by atoms with Crippen LogP contribution in [0.5, 0.6) is 0 Å². The van der Waals surface area contributed by atoms with Gasteiger partial charge >= 0.3 is 11.9 Å². The summed E-state index contributed by atoms with van der Waals surface area (Å²) in [5.74, 6) is 9.72. The van der Waals surface area contributed by atoms with Gasteiger partial charge in [-0.15, -0.1) is 23.7 Å². The molecule has 0 aromatic heterocycles. The Labute approximate surface area is 138 Å². The smallest absolute Gasteiger partial charge is 0.325 e. The average Bonchev–Trinajstić information content (AvgIpc) is 2.50. The molecule has 126 valence electrons. The predicted octanol–water partition coefficient (Wildman–Crippen LogP) is 2.28. The molecule has 0 N–H and O–H groups in total. The Bertz CT molecular complexity index is 521. The molecule has 0 atom stereocenters. The molecule has 0 unspecified atom stereocenters. The number of ketones is 1. The summed E-state index contributed by atoms with van der Waals surface area (Å²) in [4.78, 5) is 35.6. The number of hydrogen-bond donors (Lipinski definition) is 0. The van der Waals surface area contributed by atoms with Gasteiger partial charge in [0.1, 0.15) is 5.78 Å². The van der Waals surface area contributed by atoms with Crippen molar-refractivity contribution >= 4 is 17.7 Å². The molecule has 0 saturated carbocycles. The van der Waals surface area contributed by atoms with Crippen molar-refractivity contribution in [2.45, 2.75) is 53.4 Å². The highest BCUT2D eigenvalue weighted by molar-refractivity contribution is 6.00. The number of hydrogen-bond acceptors (Lipinski definition) is 5. The van der Waals surface area contributed by atoms with Crippen molar-refractivity contribution in [2.24, 2.45) is 5.41 Å². The minimum Gasteiger partial charge on any atom is -0.465 e. The van der Waals surface area contributed by atoms with Gasteiger partial charge in [0.25, 0.3) is 0 Å². The number of carbonyl (C=O) groups excluding carboxylic acids is 3. The predicted molar refractivity (Wildman–Crippen MR) is 86.1 cm³/mol. The minimum atomic E-state index is -1.54. The summed E-state index contributed by atoms with van der Waals surface area (Å²) in [5, 5.41) is 0. The van der Waals surface area contributed by atoms with E-state index >= 15 is 0 Å². The molecule has 0 aliphatic carbocycles. The monoisotopic (exact) mass is 320 g/mol. The fourth-order valence-electron chi connectivity index (χ4n) is 1.75. The zero-order chi connectivity index (χ0) is 17.7. The summed E-state index contributed by atoms with van der Waals surface area (Å²) in [6.07, 6.45) is 0.671. The molecule has 0 radical (unpaired) electrons. The van der Waals surface area contributed by atoms with Crippen molar-refractivity contribution in [3.8, 4) is 23.7 Å². The summed E-state index contributed by atoms with van der Waals surface area (Å²) in [6, 6.07) is 0. The van der Waals surface area contributed by atoms with Crippen molar-refractivity contribution in [1.82, 2.24) is 0 Å². The van der Waals surface area contributed by atoms with E-state index in [4.69, 9.17) is 9.47 Å². The van der Waals surface area contributed by atoms with Crippen LogP contribution in [0, 0.1) is 29.1 Å². The van der Waals surface area contributed by atoms with E-state index in [0.717, 1.165) is 0 Å². The normalized spacial score (nSPS) is 9.74. The van der Waals surface area contributed by atoms with Gasteiger partial charge in [0.2, 0.25) is 0 Å². The molecular weight excluding hydrogens is 296 g/mol. The van der Waals surface area contributed by atoms with Gasteiger partial charge in [-0.1, -0.05) is 0 Å². The highest BCUT2D eigenvalue weighted by Gasteiger charge is 2.48. The van der Waals surface area contributed by atoms with Crippen molar-refractivity contribution in [3.05, 3.63) is 0 Å². The highest BCUT2D eigenvalue weighted by atomic mass is 16.6. The van der Waals surface area contributed by atoms with E-state index in [2.05, 4.69) is 23.7 Å². The largest absolute Gasteiger partial charge is 0.465 e. The fraction of sp³-hybridized carbons (Fsp3) is 0.611. The maximum absolute atomic E-state index is 12.3. The molecule has 0 aliphatic rings. The molecule has 0 fully saturated rings. The van der Waals surface area contributed by atoms with Gasteiger partial charge in [0.15, 0.2) is 5.41 Å². The molecule has 0 heterocycles. The molecule has 0 bridgehead atoms. The van der Waals surface area contributed by atoms with E-state index in [-0.39, 0.29) is 31.8 Å². The Morgan fingerprint density at radius 2 is 1.43 bits per heavy atom. The van der Waals surface area contributed by atoms with Gasteiger partial charge in [-0.25, -0.2) is 0 Å². The first kappa shape index (κ1) is 20.7. The van der Waals surface area contributed by atoms with Gasteiger partial charge in [-0.3, -0.25) is 14.4 Å². The quantitative estimate of drug-likeness (QED) is 0.390. The van der Waals surface area contributed by atoms with Crippen LogP contribution in [0.1, 0.15) is 53.4 Å². The Morgan fingerprint density at radius 1 is 0.913 bits per heavy atom. The van der Waals surface area contributed by atoms with E-state index in [9.17, 15) is 14.4 Å². The van der Waals surface area contributed by atoms with Crippen molar-refractivity contribution < 1.29 is 23.9 Å². The van der Waals surface area contributed by atoms with Gasteiger partial charge in [0, 0.05) is 25.7 Å². The number of carbonyl (C=O) groups is 3. The van der Waals surface area contributed by atoms with Crippen LogP contribution in [-0.2, 0) is 23.9 Å². The van der Waals surface area contributed by atoms with Gasteiger partial charge < -0.3 is 9.47 Å². The number of Topliss-reactive ketones (excluding diaryl/α,β-unsaturated/α-hetero) is 1. The Morgan fingerprint density at radius 3 is 1.87 bits per heavy atom. The summed E-state index contributed by atoms with van der Waals surface area (Å²) >= 11 is 0. The van der Waals surface area contributed by atoms with Crippen molar-refractivity contribution in [2.75, 3.05) is 13.2 Å². The van der Waals surface area contributed by atoms with Gasteiger partial charge in [-0.05, 0) is 27.7 Å². The zero-order valence-electron chi connectivity index (χ0n) is 14.3. The van der Waals surface area contributed by atoms with E-state index < -0.39 is 17.4 Å². The number of ether oxygens (including phenoxy) is 2. The molecule has 0 aromatic carbocycles. The first-order valence-corrected chi connectivity index (χ1v) is 7.63.